The van der Waals surface area contributed by atoms with Gasteiger partial charge in [0.1, 0.15) is 0 Å². The number of hydrogen-bond donors (Lipinski definition) is 4. The molecule has 6 nitrogen and oxygen atoms in total. The van der Waals surface area contributed by atoms with Gasteiger partial charge in [0.05, 0.1) is 24.4 Å². The van der Waals surface area contributed by atoms with Gasteiger partial charge >= 0.3 is 5.97 Å². The van der Waals surface area contributed by atoms with Crippen molar-refractivity contribution in [3.63, 3.8) is 0 Å². The molecule has 0 aliphatic carbocycles. The van der Waals surface area contributed by atoms with E-state index < -0.39 is 30.4 Å². The first kappa shape index (κ1) is 19.3. The molecule has 0 rings (SSSR count). The summed E-state index contributed by atoms with van der Waals surface area (Å²) < 4.78 is 4.79. The maximum atomic E-state index is 11.4. The first-order valence-corrected chi connectivity index (χ1v) is 7.09. The van der Waals surface area contributed by atoms with Crippen LogP contribution in [0.2, 0.25) is 0 Å². The Kier molecular flexibility index (Phi) is 8.96. The van der Waals surface area contributed by atoms with Crippen molar-refractivity contribution in [2.75, 3.05) is 0 Å². The lowest BCUT2D eigenvalue weighted by molar-refractivity contribution is -0.163. The maximum Gasteiger partial charge on any atom is 0.337 e. The van der Waals surface area contributed by atoms with Crippen LogP contribution in [0, 0.1) is 5.92 Å². The predicted molar refractivity (Wildman–Crippen MR) is 73.9 cm³/mol. The van der Waals surface area contributed by atoms with E-state index in [1.165, 1.54) is 0 Å². The molecular formula is C14H28O6. The summed E-state index contributed by atoms with van der Waals surface area (Å²) in [6, 6.07) is 0. The van der Waals surface area contributed by atoms with Crippen LogP contribution in [0.4, 0.5) is 0 Å². The Morgan fingerprint density at radius 2 is 1.45 bits per heavy atom. The second kappa shape index (κ2) is 9.28. The van der Waals surface area contributed by atoms with Crippen LogP contribution in [0.1, 0.15) is 47.0 Å². The third-order valence-corrected chi connectivity index (χ3v) is 3.03. The van der Waals surface area contributed by atoms with E-state index in [1.54, 1.807) is 27.7 Å². The fourth-order valence-corrected chi connectivity index (χ4v) is 1.77. The minimum absolute atomic E-state index is 0.0541. The van der Waals surface area contributed by atoms with Gasteiger partial charge in [0.2, 0.25) is 0 Å². The van der Waals surface area contributed by atoms with Crippen LogP contribution in [-0.2, 0) is 9.53 Å². The molecule has 0 unspecified atom stereocenters. The van der Waals surface area contributed by atoms with E-state index >= 15 is 0 Å². The second-order valence-electron chi connectivity index (χ2n) is 5.73. The van der Waals surface area contributed by atoms with Crippen molar-refractivity contribution >= 4 is 5.97 Å². The number of hydrogen-bond acceptors (Lipinski definition) is 6. The van der Waals surface area contributed by atoms with Crippen LogP contribution in [0.25, 0.3) is 0 Å². The molecule has 0 aromatic rings. The lowest BCUT2D eigenvalue weighted by atomic mass is 9.96. The van der Waals surface area contributed by atoms with Crippen molar-refractivity contribution in [3.05, 3.63) is 0 Å². The Labute approximate surface area is 120 Å². The van der Waals surface area contributed by atoms with Gasteiger partial charge in [-0.25, -0.2) is 4.79 Å². The van der Waals surface area contributed by atoms with E-state index in [4.69, 9.17) is 4.74 Å². The summed E-state index contributed by atoms with van der Waals surface area (Å²) in [5, 5.41) is 38.5. The normalized spacial score (nSPS) is 17.9. The molecule has 6 heteroatoms. The number of aliphatic hydroxyl groups is 4. The summed E-state index contributed by atoms with van der Waals surface area (Å²) in [5.74, 6) is -0.906. The van der Waals surface area contributed by atoms with Crippen LogP contribution in [-0.4, -0.2) is 56.9 Å². The third-order valence-electron chi connectivity index (χ3n) is 3.03. The number of aliphatic hydroxyl groups excluding tert-OH is 4. The number of rotatable bonds is 9. The van der Waals surface area contributed by atoms with Gasteiger partial charge in [0.15, 0.2) is 6.10 Å². The average Bonchev–Trinajstić information content (AvgIpc) is 2.35. The van der Waals surface area contributed by atoms with E-state index in [0.717, 1.165) is 0 Å². The van der Waals surface area contributed by atoms with Gasteiger partial charge in [-0.2, -0.15) is 0 Å². The highest BCUT2D eigenvalue weighted by Crippen LogP contribution is 2.14. The van der Waals surface area contributed by atoms with Gasteiger partial charge in [-0.3, -0.25) is 0 Å². The molecule has 0 aromatic heterocycles. The zero-order valence-corrected chi connectivity index (χ0v) is 12.7. The Balaban J connectivity index is 4.04. The first-order valence-electron chi connectivity index (χ1n) is 7.09. The highest BCUT2D eigenvalue weighted by Gasteiger charge is 2.27. The van der Waals surface area contributed by atoms with Crippen molar-refractivity contribution in [1.29, 1.82) is 0 Å². The quantitative estimate of drug-likeness (QED) is 0.453. The van der Waals surface area contributed by atoms with Crippen LogP contribution in [0.3, 0.4) is 0 Å². The highest BCUT2D eigenvalue weighted by atomic mass is 16.6. The molecule has 4 atom stereocenters. The highest BCUT2D eigenvalue weighted by molar-refractivity contribution is 5.75. The zero-order chi connectivity index (χ0) is 15.9. The summed E-state index contributed by atoms with van der Waals surface area (Å²) in [6.07, 6.45) is -4.03. The maximum absolute atomic E-state index is 11.4. The molecule has 0 spiro atoms. The van der Waals surface area contributed by atoms with Gasteiger partial charge in [-0.1, -0.05) is 13.8 Å². The molecule has 0 aliphatic heterocycles. The molecule has 0 radical (unpaired) electrons. The van der Waals surface area contributed by atoms with Gasteiger partial charge in [0, 0.05) is 0 Å². The van der Waals surface area contributed by atoms with Crippen LogP contribution in [0.15, 0.2) is 0 Å². The third kappa shape index (κ3) is 7.19. The first-order chi connectivity index (χ1) is 9.16. The smallest absolute Gasteiger partial charge is 0.337 e. The second-order valence-corrected chi connectivity index (χ2v) is 5.73. The fraction of sp³-hybridized carbons (Fsp3) is 0.929. The summed E-state index contributed by atoms with van der Waals surface area (Å²) in [7, 11) is 0. The van der Waals surface area contributed by atoms with E-state index in [9.17, 15) is 25.2 Å². The molecule has 4 N–H and O–H groups in total. The SMILES string of the molecule is CC(C)OC(=O)[C@@H](O)[C@H](O)CCC[C@@H](O)[C@H](O)C(C)C. The molecule has 20 heavy (non-hydrogen) atoms. The molecule has 0 bridgehead atoms. The lowest BCUT2D eigenvalue weighted by Crippen LogP contribution is -2.37. The minimum Gasteiger partial charge on any atom is -0.461 e. The topological polar surface area (TPSA) is 107 Å². The Morgan fingerprint density at radius 3 is 1.90 bits per heavy atom. The van der Waals surface area contributed by atoms with Crippen molar-refractivity contribution in [3.8, 4) is 0 Å². The summed E-state index contributed by atoms with van der Waals surface area (Å²) in [6.45, 7) is 6.91. The molecule has 0 saturated carbocycles. The molecule has 0 heterocycles. The van der Waals surface area contributed by atoms with Crippen molar-refractivity contribution in [1.82, 2.24) is 0 Å². The number of carbonyl (C=O) groups is 1. The van der Waals surface area contributed by atoms with E-state index in [1.807, 2.05) is 0 Å². The van der Waals surface area contributed by atoms with Crippen molar-refractivity contribution in [2.24, 2.45) is 5.92 Å². The van der Waals surface area contributed by atoms with Crippen molar-refractivity contribution in [2.45, 2.75) is 77.5 Å². The molecular weight excluding hydrogens is 264 g/mol. The Hall–Kier alpha value is -0.690. The van der Waals surface area contributed by atoms with E-state index in [2.05, 4.69) is 0 Å². The van der Waals surface area contributed by atoms with Crippen LogP contribution < -0.4 is 0 Å². The van der Waals surface area contributed by atoms with E-state index in [-0.39, 0.29) is 18.4 Å². The lowest BCUT2D eigenvalue weighted by Gasteiger charge is -2.22. The fourth-order valence-electron chi connectivity index (χ4n) is 1.77. The zero-order valence-electron chi connectivity index (χ0n) is 12.7. The Morgan fingerprint density at radius 1 is 0.950 bits per heavy atom. The number of carbonyl (C=O) groups excluding carboxylic acids is 1. The monoisotopic (exact) mass is 292 g/mol. The predicted octanol–water partition coefficient (Wildman–Crippen LogP) is 0.208. The molecule has 0 saturated heterocycles. The van der Waals surface area contributed by atoms with Crippen molar-refractivity contribution < 1.29 is 30.0 Å². The molecule has 0 amide bonds. The van der Waals surface area contributed by atoms with E-state index in [0.29, 0.717) is 12.8 Å². The summed E-state index contributed by atoms with van der Waals surface area (Å²) in [4.78, 5) is 11.4. The molecule has 0 aliphatic rings. The summed E-state index contributed by atoms with van der Waals surface area (Å²) >= 11 is 0. The molecule has 0 aromatic carbocycles. The van der Waals surface area contributed by atoms with Gasteiger partial charge < -0.3 is 25.2 Å². The Bertz CT molecular complexity index is 279. The largest absolute Gasteiger partial charge is 0.461 e. The number of ether oxygens (including phenoxy) is 1. The number of esters is 1. The summed E-state index contributed by atoms with van der Waals surface area (Å²) in [5.41, 5.74) is 0. The standard InChI is InChI=1S/C14H28O6/c1-8(2)12(17)10(15)6-5-7-11(16)13(18)14(19)20-9(3)4/h8-13,15-18H,5-7H2,1-4H3/t10-,11-,12-,13+/m1/s1. The molecule has 0 fully saturated rings. The van der Waals surface area contributed by atoms with Crippen LogP contribution >= 0.6 is 0 Å². The molecule has 120 valence electrons. The van der Waals surface area contributed by atoms with Gasteiger partial charge in [0.25, 0.3) is 0 Å². The average molecular weight is 292 g/mol. The van der Waals surface area contributed by atoms with Crippen LogP contribution in [0.5, 0.6) is 0 Å². The minimum atomic E-state index is -1.58. The van der Waals surface area contributed by atoms with Gasteiger partial charge in [-0.15, -0.1) is 0 Å². The van der Waals surface area contributed by atoms with Gasteiger partial charge in [-0.05, 0) is 39.0 Å².